The highest BCUT2D eigenvalue weighted by atomic mass is 16.5. The molecule has 7 heteroatoms. The van der Waals surface area contributed by atoms with Crippen molar-refractivity contribution in [3.05, 3.63) is 64.6 Å². The van der Waals surface area contributed by atoms with E-state index in [0.29, 0.717) is 13.1 Å². The van der Waals surface area contributed by atoms with Crippen molar-refractivity contribution < 1.29 is 9.53 Å². The predicted octanol–water partition coefficient (Wildman–Crippen LogP) is 2.32. The van der Waals surface area contributed by atoms with Crippen molar-refractivity contribution in [1.29, 1.82) is 0 Å². The number of carbonyl (C=O) groups is 1. The molecule has 1 saturated heterocycles. The van der Waals surface area contributed by atoms with Crippen LogP contribution in [0, 0.1) is 0 Å². The van der Waals surface area contributed by atoms with Crippen molar-refractivity contribution in [2.45, 2.75) is 26.6 Å². The van der Waals surface area contributed by atoms with Crippen LogP contribution in [0.5, 0.6) is 0 Å². The third kappa shape index (κ3) is 3.98. The summed E-state index contributed by atoms with van der Waals surface area (Å²) in [6.07, 6.45) is 0. The van der Waals surface area contributed by atoms with E-state index in [1.165, 1.54) is 5.69 Å². The Morgan fingerprint density at radius 2 is 1.63 bits per heavy atom. The molecule has 158 valence electrons. The fourth-order valence-corrected chi connectivity index (χ4v) is 3.98. The van der Waals surface area contributed by atoms with E-state index in [0.717, 1.165) is 42.9 Å². The van der Waals surface area contributed by atoms with Gasteiger partial charge in [0.2, 0.25) is 5.91 Å². The van der Waals surface area contributed by atoms with Crippen molar-refractivity contribution in [1.82, 2.24) is 14.0 Å². The number of morpholine rings is 1. The summed E-state index contributed by atoms with van der Waals surface area (Å²) in [5.74, 6) is -0.0895. The van der Waals surface area contributed by atoms with Crippen LogP contribution in [0.2, 0.25) is 0 Å². The molecule has 1 aliphatic heterocycles. The highest BCUT2D eigenvalue weighted by molar-refractivity contribution is 5.81. The van der Waals surface area contributed by atoms with Crippen LogP contribution in [0.3, 0.4) is 0 Å². The van der Waals surface area contributed by atoms with Gasteiger partial charge in [-0.2, -0.15) is 0 Å². The van der Waals surface area contributed by atoms with Crippen LogP contribution < -0.4 is 10.6 Å². The average molecular weight is 409 g/mol. The molecule has 2 heterocycles. The number of likely N-dealkylation sites (N-methyl/N-ethyl adjacent to an activating group) is 1. The van der Waals surface area contributed by atoms with E-state index in [4.69, 9.17) is 4.74 Å². The van der Waals surface area contributed by atoms with Gasteiger partial charge in [0.25, 0.3) is 0 Å². The average Bonchev–Trinajstić information content (AvgIpc) is 3.05. The normalized spacial score (nSPS) is 14.3. The Labute approximate surface area is 176 Å². The molecule has 0 bridgehead atoms. The smallest absolute Gasteiger partial charge is 0.329 e. The van der Waals surface area contributed by atoms with Gasteiger partial charge < -0.3 is 14.5 Å². The Balaban J connectivity index is 1.45. The van der Waals surface area contributed by atoms with Gasteiger partial charge in [-0.05, 0) is 36.8 Å². The van der Waals surface area contributed by atoms with Gasteiger partial charge in [-0.3, -0.25) is 13.9 Å². The maximum atomic E-state index is 12.9. The van der Waals surface area contributed by atoms with Crippen molar-refractivity contribution in [3.63, 3.8) is 0 Å². The first kappa shape index (κ1) is 20.2. The quantitative estimate of drug-likeness (QED) is 0.628. The van der Waals surface area contributed by atoms with Crippen LogP contribution in [0.1, 0.15) is 12.5 Å². The van der Waals surface area contributed by atoms with Crippen LogP contribution in [0.4, 0.5) is 5.69 Å². The maximum absolute atomic E-state index is 12.9. The lowest BCUT2D eigenvalue weighted by Gasteiger charge is -2.29. The van der Waals surface area contributed by atoms with E-state index in [1.54, 1.807) is 21.1 Å². The molecule has 0 spiro atoms. The van der Waals surface area contributed by atoms with Crippen molar-refractivity contribution in [2.75, 3.05) is 38.3 Å². The van der Waals surface area contributed by atoms with Gasteiger partial charge in [0.15, 0.2) is 0 Å². The molecule has 1 aliphatic rings. The molecule has 1 amide bonds. The molecular formula is C23H28N4O3. The number of hydrogen-bond acceptors (Lipinski definition) is 4. The van der Waals surface area contributed by atoms with E-state index in [-0.39, 0.29) is 18.1 Å². The van der Waals surface area contributed by atoms with E-state index < -0.39 is 0 Å². The zero-order valence-electron chi connectivity index (χ0n) is 17.6. The molecule has 4 rings (SSSR count). The molecular weight excluding hydrogens is 380 g/mol. The number of aromatic nitrogens is 2. The van der Waals surface area contributed by atoms with E-state index in [2.05, 4.69) is 29.2 Å². The number of imidazole rings is 1. The fraction of sp³-hybridized carbons (Fsp3) is 0.391. The summed E-state index contributed by atoms with van der Waals surface area (Å²) >= 11 is 0. The lowest BCUT2D eigenvalue weighted by atomic mass is 10.1. The molecule has 7 nitrogen and oxygen atoms in total. The molecule has 1 aromatic heterocycles. The summed E-state index contributed by atoms with van der Waals surface area (Å²) in [6, 6.07) is 15.9. The molecule has 30 heavy (non-hydrogen) atoms. The van der Waals surface area contributed by atoms with Gasteiger partial charge >= 0.3 is 5.69 Å². The largest absolute Gasteiger partial charge is 0.378 e. The molecule has 2 aromatic carbocycles. The Kier molecular flexibility index (Phi) is 5.90. The van der Waals surface area contributed by atoms with Crippen LogP contribution in [0.25, 0.3) is 11.0 Å². The summed E-state index contributed by atoms with van der Waals surface area (Å²) in [7, 11) is 1.78. The van der Waals surface area contributed by atoms with Gasteiger partial charge in [0.1, 0.15) is 6.54 Å². The lowest BCUT2D eigenvalue weighted by Crippen LogP contribution is -2.36. The summed E-state index contributed by atoms with van der Waals surface area (Å²) < 4.78 is 8.67. The number of carbonyl (C=O) groups excluding carboxylic acids is 1. The van der Waals surface area contributed by atoms with E-state index in [9.17, 15) is 9.59 Å². The highest BCUT2D eigenvalue weighted by Crippen LogP contribution is 2.18. The molecule has 0 radical (unpaired) electrons. The SMILES string of the molecule is CCn1c(=O)n(CC(=O)N(C)Cc2ccc(N3CCOCC3)cc2)c2ccccc21. The first-order chi connectivity index (χ1) is 14.6. The first-order valence-electron chi connectivity index (χ1n) is 10.4. The Hall–Kier alpha value is -3.06. The number of ether oxygens (including phenoxy) is 1. The zero-order valence-corrected chi connectivity index (χ0v) is 17.6. The highest BCUT2D eigenvalue weighted by Gasteiger charge is 2.17. The second kappa shape index (κ2) is 8.75. The third-order valence-electron chi connectivity index (χ3n) is 5.69. The number of hydrogen-bond donors (Lipinski definition) is 0. The zero-order chi connectivity index (χ0) is 21.1. The number of fused-ring (bicyclic) bond motifs is 1. The van der Waals surface area contributed by atoms with Crippen LogP contribution in [-0.4, -0.2) is 53.3 Å². The number of aryl methyl sites for hydroxylation is 1. The summed E-state index contributed by atoms with van der Waals surface area (Å²) in [5, 5.41) is 0. The summed E-state index contributed by atoms with van der Waals surface area (Å²) in [6.45, 7) is 6.37. The number of para-hydroxylation sites is 2. The van der Waals surface area contributed by atoms with Crippen molar-refractivity contribution in [2.24, 2.45) is 0 Å². The summed E-state index contributed by atoms with van der Waals surface area (Å²) in [5.41, 5.74) is 3.75. The van der Waals surface area contributed by atoms with Crippen molar-refractivity contribution >= 4 is 22.6 Å². The number of amides is 1. The van der Waals surface area contributed by atoms with Crippen LogP contribution in [-0.2, 0) is 29.2 Å². The minimum atomic E-state index is -0.143. The molecule has 1 fully saturated rings. The van der Waals surface area contributed by atoms with E-state index in [1.807, 2.05) is 31.2 Å². The molecule has 0 N–H and O–H groups in total. The lowest BCUT2D eigenvalue weighted by molar-refractivity contribution is -0.131. The topological polar surface area (TPSA) is 59.7 Å². The van der Waals surface area contributed by atoms with Gasteiger partial charge in [0, 0.05) is 38.9 Å². The third-order valence-corrected chi connectivity index (χ3v) is 5.69. The summed E-state index contributed by atoms with van der Waals surface area (Å²) in [4.78, 5) is 29.6. The van der Waals surface area contributed by atoms with E-state index >= 15 is 0 Å². The second-order valence-corrected chi connectivity index (χ2v) is 7.62. The van der Waals surface area contributed by atoms with Crippen LogP contribution >= 0.6 is 0 Å². The van der Waals surface area contributed by atoms with Gasteiger partial charge in [0.05, 0.1) is 24.2 Å². The maximum Gasteiger partial charge on any atom is 0.329 e. The first-order valence-corrected chi connectivity index (χ1v) is 10.4. The number of benzene rings is 2. The predicted molar refractivity (Wildman–Crippen MR) is 118 cm³/mol. The fourth-order valence-electron chi connectivity index (χ4n) is 3.98. The van der Waals surface area contributed by atoms with Gasteiger partial charge in [-0.25, -0.2) is 4.79 Å². The van der Waals surface area contributed by atoms with Crippen LogP contribution in [0.15, 0.2) is 53.3 Å². The Morgan fingerprint density at radius 1 is 1.00 bits per heavy atom. The van der Waals surface area contributed by atoms with Crippen molar-refractivity contribution in [3.8, 4) is 0 Å². The minimum absolute atomic E-state index is 0.0364. The van der Waals surface area contributed by atoms with Gasteiger partial charge in [-0.1, -0.05) is 24.3 Å². The molecule has 0 saturated carbocycles. The van der Waals surface area contributed by atoms with Gasteiger partial charge in [-0.15, -0.1) is 0 Å². The Morgan fingerprint density at radius 3 is 2.27 bits per heavy atom. The molecule has 0 unspecified atom stereocenters. The Bertz CT molecular complexity index is 1080. The second-order valence-electron chi connectivity index (χ2n) is 7.62. The minimum Gasteiger partial charge on any atom is -0.378 e. The molecule has 0 atom stereocenters. The number of anilines is 1. The monoisotopic (exact) mass is 408 g/mol. The standard InChI is InChI=1S/C23H28N4O3/c1-3-26-20-6-4-5-7-21(20)27(23(26)29)17-22(28)24(2)16-18-8-10-19(11-9-18)25-12-14-30-15-13-25/h4-11H,3,12-17H2,1-2H3. The number of nitrogens with zero attached hydrogens (tertiary/aromatic N) is 4. The molecule has 0 aliphatic carbocycles. The number of rotatable bonds is 6. The molecule has 3 aromatic rings.